The van der Waals surface area contributed by atoms with E-state index in [1.165, 1.54) is 0 Å². The molecule has 1 rings (SSSR count). The summed E-state index contributed by atoms with van der Waals surface area (Å²) in [6.07, 6.45) is 1.68. The first kappa shape index (κ1) is 12.3. The van der Waals surface area contributed by atoms with E-state index >= 15 is 0 Å². The largest absolute Gasteiger partial charge is 0.262 e. The standard InChI is InChI=1S/C5H6ClN3O4S2/c6-5-3(14(7,10)11)1-9-2-4(5)15(8,12)13/h1-2H,(H2,7,10,11)(H2,8,12,13). The summed E-state index contributed by atoms with van der Waals surface area (Å²) >= 11 is 5.52. The molecule has 4 N–H and O–H groups in total. The molecule has 15 heavy (non-hydrogen) atoms. The lowest BCUT2D eigenvalue weighted by atomic mass is 10.5. The predicted molar refractivity (Wildman–Crippen MR) is 52.0 cm³/mol. The molecule has 7 nitrogen and oxygen atoms in total. The number of hydrogen-bond acceptors (Lipinski definition) is 5. The molecule has 1 aromatic rings. The minimum atomic E-state index is -4.13. The number of nitrogens with two attached hydrogens (primary N) is 2. The Morgan fingerprint density at radius 2 is 1.33 bits per heavy atom. The molecule has 0 aliphatic carbocycles. The van der Waals surface area contributed by atoms with E-state index in [-0.39, 0.29) is 0 Å². The molecule has 0 saturated heterocycles. The van der Waals surface area contributed by atoms with Gasteiger partial charge < -0.3 is 0 Å². The van der Waals surface area contributed by atoms with E-state index in [9.17, 15) is 16.8 Å². The quantitative estimate of drug-likeness (QED) is 0.714. The summed E-state index contributed by atoms with van der Waals surface area (Å²) in [5, 5.41) is 9.00. The van der Waals surface area contributed by atoms with Gasteiger partial charge in [-0.25, -0.2) is 27.1 Å². The van der Waals surface area contributed by atoms with Gasteiger partial charge in [-0.05, 0) is 0 Å². The van der Waals surface area contributed by atoms with E-state index in [4.69, 9.17) is 21.9 Å². The summed E-state index contributed by atoms with van der Waals surface area (Å²) in [6.45, 7) is 0. The maximum Gasteiger partial charge on any atom is 0.241 e. The van der Waals surface area contributed by atoms with Gasteiger partial charge in [-0.2, -0.15) is 0 Å². The van der Waals surface area contributed by atoms with Gasteiger partial charge in [0.2, 0.25) is 20.0 Å². The minimum absolute atomic E-state index is 0.560. The van der Waals surface area contributed by atoms with Crippen molar-refractivity contribution in [3.05, 3.63) is 17.4 Å². The van der Waals surface area contributed by atoms with Crippen LogP contribution >= 0.6 is 11.6 Å². The summed E-state index contributed by atoms with van der Waals surface area (Å²) in [7, 11) is -8.26. The fraction of sp³-hybridized carbons (Fsp3) is 0. The highest BCUT2D eigenvalue weighted by atomic mass is 35.5. The third kappa shape index (κ3) is 2.63. The molecule has 84 valence electrons. The van der Waals surface area contributed by atoms with Crippen molar-refractivity contribution < 1.29 is 16.8 Å². The van der Waals surface area contributed by atoms with Crippen LogP contribution in [0.4, 0.5) is 0 Å². The highest BCUT2D eigenvalue weighted by Crippen LogP contribution is 2.25. The van der Waals surface area contributed by atoms with Gasteiger partial charge in [-0.3, -0.25) is 4.98 Å². The second-order valence-electron chi connectivity index (χ2n) is 2.54. The van der Waals surface area contributed by atoms with Crippen LogP contribution in [0.5, 0.6) is 0 Å². The number of hydrogen-bond donors (Lipinski definition) is 2. The number of nitrogens with zero attached hydrogens (tertiary/aromatic N) is 1. The summed E-state index contributed by atoms with van der Waals surface area (Å²) < 4.78 is 43.8. The first-order valence-electron chi connectivity index (χ1n) is 3.33. The van der Waals surface area contributed by atoms with E-state index in [0.717, 1.165) is 12.4 Å². The first-order valence-corrected chi connectivity index (χ1v) is 6.80. The summed E-state index contributed by atoms with van der Waals surface area (Å²) in [4.78, 5) is 2.20. The molecule has 0 bridgehead atoms. The molecule has 0 aliphatic heterocycles. The lowest BCUT2D eigenvalue weighted by Crippen LogP contribution is -2.17. The van der Waals surface area contributed by atoms with Gasteiger partial charge in [0.25, 0.3) is 0 Å². The maximum atomic E-state index is 11.0. The number of aromatic nitrogens is 1. The average Bonchev–Trinajstić information content (AvgIpc) is 1.99. The van der Waals surface area contributed by atoms with Crippen LogP contribution in [0.15, 0.2) is 22.2 Å². The van der Waals surface area contributed by atoms with Crippen molar-refractivity contribution in [2.45, 2.75) is 9.79 Å². The van der Waals surface area contributed by atoms with Crippen molar-refractivity contribution in [1.29, 1.82) is 0 Å². The van der Waals surface area contributed by atoms with Crippen molar-refractivity contribution in [3.63, 3.8) is 0 Å². The van der Waals surface area contributed by atoms with E-state index in [2.05, 4.69) is 4.98 Å². The Bertz CT molecular complexity index is 544. The zero-order chi connectivity index (χ0) is 11.9. The summed E-state index contributed by atoms with van der Waals surface area (Å²) in [5.74, 6) is 0. The topological polar surface area (TPSA) is 133 Å². The molecule has 0 unspecified atom stereocenters. The number of rotatable bonds is 2. The van der Waals surface area contributed by atoms with E-state index < -0.39 is 34.9 Å². The SMILES string of the molecule is NS(=O)(=O)c1cncc(S(N)(=O)=O)c1Cl. The van der Waals surface area contributed by atoms with Gasteiger partial charge in [-0.15, -0.1) is 0 Å². The van der Waals surface area contributed by atoms with Crippen molar-refractivity contribution in [2.75, 3.05) is 0 Å². The average molecular weight is 272 g/mol. The van der Waals surface area contributed by atoms with Crippen LogP contribution in [0.25, 0.3) is 0 Å². The van der Waals surface area contributed by atoms with Gasteiger partial charge >= 0.3 is 0 Å². The molecule has 0 radical (unpaired) electrons. The molecule has 10 heteroatoms. The smallest absolute Gasteiger partial charge is 0.241 e. The molecule has 1 aromatic heterocycles. The number of primary sulfonamides is 2. The third-order valence-electron chi connectivity index (χ3n) is 1.43. The van der Waals surface area contributed by atoms with Crippen molar-refractivity contribution >= 4 is 31.6 Å². The van der Waals surface area contributed by atoms with E-state index in [0.29, 0.717) is 0 Å². The van der Waals surface area contributed by atoms with Crippen LogP contribution in [0, 0.1) is 0 Å². The van der Waals surface area contributed by atoms with E-state index in [1.54, 1.807) is 0 Å². The normalized spacial score (nSPS) is 12.7. The highest BCUT2D eigenvalue weighted by molar-refractivity contribution is 7.90. The van der Waals surface area contributed by atoms with E-state index in [1.807, 2.05) is 0 Å². The molecule has 0 saturated carbocycles. The van der Waals surface area contributed by atoms with Gasteiger partial charge in [0, 0.05) is 12.4 Å². The Morgan fingerprint density at radius 1 is 1.00 bits per heavy atom. The van der Waals surface area contributed by atoms with Gasteiger partial charge in [-0.1, -0.05) is 11.6 Å². The Kier molecular flexibility index (Phi) is 3.03. The summed E-state index contributed by atoms with van der Waals surface area (Å²) in [5.41, 5.74) is 0. The van der Waals surface area contributed by atoms with Crippen molar-refractivity contribution in [2.24, 2.45) is 10.3 Å². The number of halogens is 1. The monoisotopic (exact) mass is 271 g/mol. The second-order valence-corrected chi connectivity index (χ2v) is 5.98. The molecular weight excluding hydrogens is 266 g/mol. The first-order chi connectivity index (χ1) is 6.64. The number of sulfonamides is 2. The van der Waals surface area contributed by atoms with Crippen LogP contribution in [-0.2, 0) is 20.0 Å². The second kappa shape index (κ2) is 3.68. The Balaban J connectivity index is 3.65. The maximum absolute atomic E-state index is 11.0. The fourth-order valence-electron chi connectivity index (χ4n) is 0.804. The zero-order valence-electron chi connectivity index (χ0n) is 7.08. The van der Waals surface area contributed by atoms with Gasteiger partial charge in [0.15, 0.2) is 0 Å². The zero-order valence-corrected chi connectivity index (χ0v) is 9.47. The molecule has 0 fully saturated rings. The van der Waals surface area contributed by atoms with Crippen LogP contribution in [0.1, 0.15) is 0 Å². The fourth-order valence-corrected chi connectivity index (χ4v) is 2.75. The molecular formula is C5H6ClN3O4S2. The Morgan fingerprint density at radius 3 is 1.60 bits per heavy atom. The molecule has 0 amide bonds. The minimum Gasteiger partial charge on any atom is -0.262 e. The van der Waals surface area contributed by atoms with Crippen LogP contribution in [0.2, 0.25) is 5.02 Å². The Labute approximate surface area is 91.2 Å². The number of pyridine rings is 1. The van der Waals surface area contributed by atoms with Crippen LogP contribution < -0.4 is 10.3 Å². The van der Waals surface area contributed by atoms with Crippen LogP contribution in [-0.4, -0.2) is 21.8 Å². The molecule has 1 heterocycles. The lowest BCUT2D eigenvalue weighted by Gasteiger charge is -2.04. The van der Waals surface area contributed by atoms with Crippen LogP contribution in [0.3, 0.4) is 0 Å². The summed E-state index contributed by atoms with van der Waals surface area (Å²) in [6, 6.07) is 0. The highest BCUT2D eigenvalue weighted by Gasteiger charge is 2.21. The molecule has 0 spiro atoms. The van der Waals surface area contributed by atoms with Gasteiger partial charge in [0.05, 0.1) is 5.02 Å². The molecule has 0 atom stereocenters. The molecule has 0 aromatic carbocycles. The Hall–Kier alpha value is -0.740. The third-order valence-corrected chi connectivity index (χ3v) is 3.91. The predicted octanol–water partition coefficient (Wildman–Crippen LogP) is -0.970. The molecule has 0 aliphatic rings. The lowest BCUT2D eigenvalue weighted by molar-refractivity contribution is 0.595. The van der Waals surface area contributed by atoms with Gasteiger partial charge in [0.1, 0.15) is 9.79 Å². The van der Waals surface area contributed by atoms with Crippen molar-refractivity contribution in [1.82, 2.24) is 4.98 Å². The van der Waals surface area contributed by atoms with Crippen molar-refractivity contribution in [3.8, 4) is 0 Å².